The highest BCUT2D eigenvalue weighted by Crippen LogP contribution is 2.25. The van der Waals surface area contributed by atoms with Crippen molar-refractivity contribution >= 4 is 8.53 Å². The summed E-state index contributed by atoms with van der Waals surface area (Å²) in [5, 5.41) is 0. The number of unbranched alkanes of at least 4 members (excludes halogenated alkanes) is 3. The highest BCUT2D eigenvalue weighted by Gasteiger charge is 2.06. The molecule has 0 rings (SSSR count). The zero-order valence-electron chi connectivity index (χ0n) is 6.90. The molecule has 0 radical (unpaired) electrons. The first kappa shape index (κ1) is 11.3. The summed E-state index contributed by atoms with van der Waals surface area (Å²) < 4.78 is 1.09. The molecule has 5 heteroatoms. The van der Waals surface area contributed by atoms with E-state index in [1.807, 2.05) is 0 Å². The molecule has 68 valence electrons. The zero-order chi connectivity index (χ0) is 8.69. The van der Waals surface area contributed by atoms with Crippen LogP contribution in [0.1, 0.15) is 32.6 Å². The summed E-state index contributed by atoms with van der Waals surface area (Å²) in [5.41, 5.74) is 0. The Morgan fingerprint density at radius 1 is 1.27 bits per heavy atom. The van der Waals surface area contributed by atoms with Crippen molar-refractivity contribution in [3.8, 4) is 0 Å². The molecule has 0 bridgehead atoms. The lowest BCUT2D eigenvalue weighted by atomic mass is 10.2. The van der Waals surface area contributed by atoms with Crippen molar-refractivity contribution < 1.29 is 9.79 Å². The lowest BCUT2D eigenvalue weighted by Crippen LogP contribution is -2.26. The predicted molar refractivity (Wildman–Crippen MR) is 46.4 cm³/mol. The highest BCUT2D eigenvalue weighted by molar-refractivity contribution is 7.42. The van der Waals surface area contributed by atoms with Gasteiger partial charge in [0.1, 0.15) is 0 Å². The molecule has 0 aromatic rings. The van der Waals surface area contributed by atoms with Crippen LogP contribution < -0.4 is 5.84 Å². The molecule has 0 heterocycles. The van der Waals surface area contributed by atoms with E-state index in [0.717, 1.165) is 17.6 Å². The van der Waals surface area contributed by atoms with E-state index < -0.39 is 8.53 Å². The van der Waals surface area contributed by atoms with Crippen LogP contribution in [0.25, 0.3) is 0 Å². The average Bonchev–Trinajstić information content (AvgIpc) is 1.97. The summed E-state index contributed by atoms with van der Waals surface area (Å²) in [6.07, 6.45) is 4.40. The lowest BCUT2D eigenvalue weighted by Gasteiger charge is -2.15. The van der Waals surface area contributed by atoms with Crippen LogP contribution in [-0.4, -0.2) is 21.1 Å². The predicted octanol–water partition coefficient (Wildman–Crippen LogP) is 0.954. The van der Waals surface area contributed by atoms with Gasteiger partial charge in [-0.1, -0.05) is 26.2 Å². The quantitative estimate of drug-likeness (QED) is 0.246. The Kier molecular flexibility index (Phi) is 7.12. The van der Waals surface area contributed by atoms with Crippen molar-refractivity contribution in [3.63, 3.8) is 0 Å². The summed E-state index contributed by atoms with van der Waals surface area (Å²) in [6.45, 7) is 2.70. The molecule has 4 N–H and O–H groups in total. The lowest BCUT2D eigenvalue weighted by molar-refractivity contribution is 0.341. The molecule has 0 amide bonds. The van der Waals surface area contributed by atoms with Crippen molar-refractivity contribution in [2.45, 2.75) is 32.6 Å². The van der Waals surface area contributed by atoms with Gasteiger partial charge in [0.2, 0.25) is 0 Å². The second kappa shape index (κ2) is 6.95. The Balaban J connectivity index is 3.10. The average molecular weight is 180 g/mol. The molecule has 4 nitrogen and oxygen atoms in total. The normalized spacial score (nSPS) is 11.5. The number of rotatable bonds is 6. The van der Waals surface area contributed by atoms with Crippen LogP contribution in [0.15, 0.2) is 0 Å². The van der Waals surface area contributed by atoms with Gasteiger partial charge in [-0.05, 0) is 6.42 Å². The number of hydrazine groups is 1. The molecule has 0 fully saturated rings. The minimum Gasteiger partial charge on any atom is -0.337 e. The highest BCUT2D eigenvalue weighted by atomic mass is 31.2. The SMILES string of the molecule is CCCCCCN(N)P(O)O. The minimum absolute atomic E-state index is 0.568. The van der Waals surface area contributed by atoms with Gasteiger partial charge < -0.3 is 9.79 Å². The van der Waals surface area contributed by atoms with Gasteiger partial charge in [-0.25, -0.2) is 0 Å². The molecule has 0 unspecified atom stereocenters. The van der Waals surface area contributed by atoms with Gasteiger partial charge in [0.05, 0.1) is 0 Å². The van der Waals surface area contributed by atoms with E-state index in [-0.39, 0.29) is 0 Å². The van der Waals surface area contributed by atoms with Gasteiger partial charge in [0, 0.05) is 6.54 Å². The van der Waals surface area contributed by atoms with Crippen LogP contribution >= 0.6 is 8.53 Å². The van der Waals surface area contributed by atoms with E-state index in [1.54, 1.807) is 0 Å². The topological polar surface area (TPSA) is 69.7 Å². The Hall–Kier alpha value is 0.270. The fourth-order valence-corrected chi connectivity index (χ4v) is 1.11. The van der Waals surface area contributed by atoms with Crippen LogP contribution in [-0.2, 0) is 0 Å². The van der Waals surface area contributed by atoms with E-state index in [4.69, 9.17) is 15.6 Å². The van der Waals surface area contributed by atoms with Crippen molar-refractivity contribution in [3.05, 3.63) is 0 Å². The summed E-state index contributed by atoms with van der Waals surface area (Å²) in [7, 11) is -2.07. The van der Waals surface area contributed by atoms with Crippen LogP contribution in [0.2, 0.25) is 0 Å². The maximum atomic E-state index is 8.60. The van der Waals surface area contributed by atoms with Crippen LogP contribution in [0.4, 0.5) is 0 Å². The third-order valence-electron chi connectivity index (χ3n) is 1.47. The first-order valence-electron chi connectivity index (χ1n) is 3.88. The molecule has 0 aliphatic heterocycles. The fourth-order valence-electron chi connectivity index (χ4n) is 0.790. The first-order chi connectivity index (χ1) is 5.18. The molecule has 0 atom stereocenters. The van der Waals surface area contributed by atoms with Crippen molar-refractivity contribution in [2.75, 3.05) is 6.54 Å². The maximum Gasteiger partial charge on any atom is 0.267 e. The molecule has 11 heavy (non-hydrogen) atoms. The van der Waals surface area contributed by atoms with Crippen molar-refractivity contribution in [2.24, 2.45) is 5.84 Å². The van der Waals surface area contributed by atoms with Crippen molar-refractivity contribution in [1.29, 1.82) is 0 Å². The molecule has 0 aromatic carbocycles. The minimum atomic E-state index is -2.07. The second-order valence-corrected chi connectivity index (χ2v) is 3.54. The molecule has 0 aliphatic rings. The molecule has 0 aromatic heterocycles. The summed E-state index contributed by atoms with van der Waals surface area (Å²) in [4.78, 5) is 17.2. The summed E-state index contributed by atoms with van der Waals surface area (Å²) in [5.74, 6) is 5.26. The molecule has 0 saturated heterocycles. The van der Waals surface area contributed by atoms with Gasteiger partial charge in [-0.15, -0.1) is 0 Å². The number of nitrogens with two attached hydrogens (primary N) is 1. The Bertz CT molecular complexity index is 92.7. The van der Waals surface area contributed by atoms with Crippen LogP contribution in [0, 0.1) is 0 Å². The van der Waals surface area contributed by atoms with Gasteiger partial charge in [-0.3, -0.25) is 5.84 Å². The van der Waals surface area contributed by atoms with E-state index in [0.29, 0.717) is 6.54 Å². The van der Waals surface area contributed by atoms with Gasteiger partial charge in [0.25, 0.3) is 8.53 Å². The Morgan fingerprint density at radius 3 is 2.36 bits per heavy atom. The van der Waals surface area contributed by atoms with Crippen LogP contribution in [0.5, 0.6) is 0 Å². The molecular weight excluding hydrogens is 163 g/mol. The smallest absolute Gasteiger partial charge is 0.267 e. The summed E-state index contributed by atoms with van der Waals surface area (Å²) >= 11 is 0. The summed E-state index contributed by atoms with van der Waals surface area (Å²) in [6, 6.07) is 0. The number of hydrogen-bond donors (Lipinski definition) is 3. The fraction of sp³-hybridized carbons (Fsp3) is 1.00. The third kappa shape index (κ3) is 6.66. The third-order valence-corrected chi connectivity index (χ3v) is 2.13. The van der Waals surface area contributed by atoms with E-state index in [2.05, 4.69) is 6.92 Å². The van der Waals surface area contributed by atoms with Crippen LogP contribution in [0.3, 0.4) is 0 Å². The Morgan fingerprint density at radius 2 is 1.91 bits per heavy atom. The van der Waals surface area contributed by atoms with E-state index >= 15 is 0 Å². The van der Waals surface area contributed by atoms with Gasteiger partial charge >= 0.3 is 0 Å². The standard InChI is InChI=1S/C6H17N2O2P/c1-2-3-4-5-6-8(7)11(9)10/h9-10H,2-7H2,1H3. The molecule has 0 aliphatic carbocycles. The number of nitrogens with zero attached hydrogens (tertiary/aromatic N) is 1. The van der Waals surface area contributed by atoms with Gasteiger partial charge in [0.15, 0.2) is 0 Å². The van der Waals surface area contributed by atoms with Crippen molar-refractivity contribution in [1.82, 2.24) is 4.78 Å². The van der Waals surface area contributed by atoms with Gasteiger partial charge in [-0.2, -0.15) is 4.78 Å². The zero-order valence-corrected chi connectivity index (χ0v) is 7.80. The molecule has 0 spiro atoms. The monoisotopic (exact) mass is 180 g/mol. The Labute approximate surface area is 69.0 Å². The second-order valence-electron chi connectivity index (χ2n) is 2.49. The van der Waals surface area contributed by atoms with E-state index in [9.17, 15) is 0 Å². The largest absolute Gasteiger partial charge is 0.337 e. The van der Waals surface area contributed by atoms with E-state index in [1.165, 1.54) is 12.8 Å². The molecular formula is C6H17N2O2P. The maximum absolute atomic E-state index is 8.60. The first-order valence-corrected chi connectivity index (χ1v) is 5.08. The number of hydrogen-bond acceptors (Lipinski definition) is 4. The molecule has 0 saturated carbocycles.